The molecule has 0 fully saturated rings. The Morgan fingerprint density at radius 2 is 1.75 bits per heavy atom. The van der Waals surface area contributed by atoms with Crippen molar-refractivity contribution in [2.75, 3.05) is 0 Å². The Balaban J connectivity index is 2.67. The molecule has 7 heteroatoms. The summed E-state index contributed by atoms with van der Waals surface area (Å²) in [5.74, 6) is -0.966. The third-order valence-corrected chi connectivity index (χ3v) is 2.83. The molecule has 1 aromatic carbocycles. The number of carbonyl (C=O) groups is 1. The average molecular weight is 273 g/mol. The molecule has 0 aliphatic carbocycles. The van der Waals surface area contributed by atoms with E-state index in [0.717, 1.165) is 0 Å². The van der Waals surface area contributed by atoms with Gasteiger partial charge in [0.05, 0.1) is 21.9 Å². The fraction of sp³-hybridized carbons (Fsp3) is 0.154. The first kappa shape index (κ1) is 13.6. The highest BCUT2D eigenvalue weighted by atomic mass is 16.6. The zero-order chi connectivity index (χ0) is 14.9. The summed E-state index contributed by atoms with van der Waals surface area (Å²) < 4.78 is 0. The Morgan fingerprint density at radius 1 is 1.20 bits per heavy atom. The molecule has 0 radical (unpaired) electrons. The van der Waals surface area contributed by atoms with Gasteiger partial charge in [0, 0.05) is 6.07 Å². The second-order valence-corrected chi connectivity index (χ2v) is 4.17. The smallest absolute Gasteiger partial charge is 0.339 e. The maximum absolute atomic E-state index is 11.1. The summed E-state index contributed by atoms with van der Waals surface area (Å²) in [7, 11) is 0. The van der Waals surface area contributed by atoms with Crippen molar-refractivity contribution >= 4 is 11.7 Å². The van der Waals surface area contributed by atoms with Crippen LogP contribution in [0.3, 0.4) is 0 Å². The molecule has 0 atom stereocenters. The molecular weight excluding hydrogens is 262 g/mol. The van der Waals surface area contributed by atoms with Crippen molar-refractivity contribution in [1.82, 2.24) is 9.97 Å². The SMILES string of the molecule is Cc1nc(-c2ccccc2[N+](=O)[O-])nc(C)c1C(=O)O. The first-order chi connectivity index (χ1) is 9.41. The maximum Gasteiger partial charge on any atom is 0.339 e. The van der Waals surface area contributed by atoms with Gasteiger partial charge in [0.1, 0.15) is 5.56 Å². The number of hydrogen-bond acceptors (Lipinski definition) is 5. The van der Waals surface area contributed by atoms with Gasteiger partial charge < -0.3 is 5.11 Å². The van der Waals surface area contributed by atoms with Crippen molar-refractivity contribution < 1.29 is 14.8 Å². The third-order valence-electron chi connectivity index (χ3n) is 2.83. The van der Waals surface area contributed by atoms with Crippen molar-refractivity contribution in [2.24, 2.45) is 0 Å². The summed E-state index contributed by atoms with van der Waals surface area (Å²) in [6, 6.07) is 6.08. The minimum Gasteiger partial charge on any atom is -0.478 e. The van der Waals surface area contributed by atoms with Crippen molar-refractivity contribution in [3.8, 4) is 11.4 Å². The zero-order valence-corrected chi connectivity index (χ0v) is 10.8. The quantitative estimate of drug-likeness (QED) is 0.679. The number of aromatic nitrogens is 2. The Bertz CT molecular complexity index is 690. The van der Waals surface area contributed by atoms with Gasteiger partial charge in [-0.25, -0.2) is 14.8 Å². The second-order valence-electron chi connectivity index (χ2n) is 4.17. The molecule has 20 heavy (non-hydrogen) atoms. The van der Waals surface area contributed by atoms with E-state index in [2.05, 4.69) is 9.97 Å². The van der Waals surface area contributed by atoms with Crippen LogP contribution in [0, 0.1) is 24.0 Å². The number of aryl methyl sites for hydroxylation is 2. The number of rotatable bonds is 3. The number of hydrogen-bond donors (Lipinski definition) is 1. The molecule has 0 aliphatic heterocycles. The molecule has 7 nitrogen and oxygen atoms in total. The Hall–Kier alpha value is -2.83. The van der Waals surface area contributed by atoms with Crippen LogP contribution in [0.2, 0.25) is 0 Å². The van der Waals surface area contributed by atoms with Gasteiger partial charge in [-0.1, -0.05) is 12.1 Å². The predicted molar refractivity (Wildman–Crippen MR) is 70.6 cm³/mol. The minimum atomic E-state index is -1.12. The van der Waals surface area contributed by atoms with E-state index in [1.54, 1.807) is 12.1 Å². The van der Waals surface area contributed by atoms with Crippen molar-refractivity contribution in [3.63, 3.8) is 0 Å². The van der Waals surface area contributed by atoms with Crippen LogP contribution in [-0.2, 0) is 0 Å². The molecule has 2 rings (SSSR count). The van der Waals surface area contributed by atoms with Gasteiger partial charge in [0.2, 0.25) is 0 Å². The lowest BCUT2D eigenvalue weighted by molar-refractivity contribution is -0.384. The lowest BCUT2D eigenvalue weighted by Crippen LogP contribution is -2.09. The van der Waals surface area contributed by atoms with Gasteiger partial charge in [-0.15, -0.1) is 0 Å². The molecule has 1 N–H and O–H groups in total. The highest BCUT2D eigenvalue weighted by Crippen LogP contribution is 2.27. The molecule has 0 amide bonds. The lowest BCUT2D eigenvalue weighted by Gasteiger charge is -2.07. The lowest BCUT2D eigenvalue weighted by atomic mass is 10.1. The third kappa shape index (κ3) is 2.33. The van der Waals surface area contributed by atoms with Gasteiger partial charge in [-0.05, 0) is 19.9 Å². The highest BCUT2D eigenvalue weighted by molar-refractivity contribution is 5.90. The first-order valence-electron chi connectivity index (χ1n) is 5.74. The number of carboxylic acid groups (broad SMARTS) is 1. The molecule has 0 bridgehead atoms. The molecule has 0 saturated carbocycles. The normalized spacial score (nSPS) is 10.3. The van der Waals surface area contributed by atoms with Gasteiger partial charge in [0.15, 0.2) is 5.82 Å². The number of aromatic carboxylic acids is 1. The van der Waals surface area contributed by atoms with Crippen LogP contribution in [0.25, 0.3) is 11.4 Å². The summed E-state index contributed by atoms with van der Waals surface area (Å²) in [5.41, 5.74) is 0.721. The fourth-order valence-electron chi connectivity index (χ4n) is 1.97. The van der Waals surface area contributed by atoms with E-state index in [9.17, 15) is 14.9 Å². The van der Waals surface area contributed by atoms with E-state index < -0.39 is 10.9 Å². The van der Waals surface area contributed by atoms with Crippen LogP contribution < -0.4 is 0 Å². The molecule has 102 valence electrons. The summed E-state index contributed by atoms with van der Waals surface area (Å²) in [6.45, 7) is 3.08. The van der Waals surface area contributed by atoms with E-state index in [0.29, 0.717) is 0 Å². The van der Waals surface area contributed by atoms with Gasteiger partial charge in [-0.2, -0.15) is 0 Å². The summed E-state index contributed by atoms with van der Waals surface area (Å²) in [5, 5.41) is 20.1. The Labute approximate surface area is 114 Å². The topological polar surface area (TPSA) is 106 Å². The van der Waals surface area contributed by atoms with Crippen LogP contribution in [0.5, 0.6) is 0 Å². The number of nitrogens with zero attached hydrogens (tertiary/aromatic N) is 3. The van der Waals surface area contributed by atoms with E-state index in [1.807, 2.05) is 0 Å². The van der Waals surface area contributed by atoms with E-state index in [-0.39, 0.29) is 34.0 Å². The molecular formula is C13H11N3O4. The minimum absolute atomic E-state index is 0.0207. The second kappa shape index (κ2) is 5.04. The molecule has 0 unspecified atom stereocenters. The van der Waals surface area contributed by atoms with Crippen molar-refractivity contribution in [3.05, 3.63) is 51.3 Å². The van der Waals surface area contributed by atoms with Crippen LogP contribution in [0.4, 0.5) is 5.69 Å². The van der Waals surface area contributed by atoms with Crippen LogP contribution >= 0.6 is 0 Å². The molecule has 0 aliphatic rings. The summed E-state index contributed by atoms with van der Waals surface area (Å²) in [6.07, 6.45) is 0. The molecule has 0 spiro atoms. The van der Waals surface area contributed by atoms with E-state index in [4.69, 9.17) is 5.11 Å². The number of carboxylic acids is 1. The van der Waals surface area contributed by atoms with Gasteiger partial charge in [-0.3, -0.25) is 10.1 Å². The highest BCUT2D eigenvalue weighted by Gasteiger charge is 2.20. The number of nitro benzene ring substituents is 1. The number of para-hydroxylation sites is 1. The largest absolute Gasteiger partial charge is 0.478 e. The molecule has 1 heterocycles. The van der Waals surface area contributed by atoms with Gasteiger partial charge >= 0.3 is 5.97 Å². The standard InChI is InChI=1S/C13H11N3O4/c1-7-11(13(17)18)8(2)15-12(14-7)9-5-3-4-6-10(9)16(19)20/h3-6H,1-2H3,(H,17,18). The van der Waals surface area contributed by atoms with Crippen LogP contribution in [0.15, 0.2) is 24.3 Å². The van der Waals surface area contributed by atoms with E-state index in [1.165, 1.54) is 26.0 Å². The van der Waals surface area contributed by atoms with Crippen molar-refractivity contribution in [2.45, 2.75) is 13.8 Å². The molecule has 2 aromatic rings. The Kier molecular flexibility index (Phi) is 3.43. The summed E-state index contributed by atoms with van der Waals surface area (Å²) in [4.78, 5) is 29.7. The average Bonchev–Trinajstić information content (AvgIpc) is 2.37. The van der Waals surface area contributed by atoms with E-state index >= 15 is 0 Å². The Morgan fingerprint density at radius 3 is 2.25 bits per heavy atom. The zero-order valence-electron chi connectivity index (χ0n) is 10.8. The van der Waals surface area contributed by atoms with Crippen LogP contribution in [0.1, 0.15) is 21.7 Å². The van der Waals surface area contributed by atoms with Gasteiger partial charge in [0.25, 0.3) is 5.69 Å². The fourth-order valence-corrected chi connectivity index (χ4v) is 1.97. The number of nitro groups is 1. The summed E-state index contributed by atoms with van der Waals surface area (Å²) >= 11 is 0. The maximum atomic E-state index is 11.1. The monoisotopic (exact) mass is 273 g/mol. The van der Waals surface area contributed by atoms with Crippen molar-refractivity contribution in [1.29, 1.82) is 0 Å². The number of benzene rings is 1. The predicted octanol–water partition coefficient (Wildman–Crippen LogP) is 2.37. The molecule has 1 aromatic heterocycles. The molecule has 0 saturated heterocycles. The first-order valence-corrected chi connectivity index (χ1v) is 5.74. The van der Waals surface area contributed by atoms with Crippen LogP contribution in [-0.4, -0.2) is 26.0 Å².